The average Bonchev–Trinajstić information content (AvgIpc) is 1.58. The molecule has 3 unspecified atom stereocenters. The van der Waals surface area contributed by atoms with Gasteiger partial charge in [0.05, 0.1) is 16.6 Å². The lowest BCUT2D eigenvalue weighted by Gasteiger charge is -2.27. The number of hydrogen-bond acceptors (Lipinski definition) is 11. The molecule has 1 aliphatic heterocycles. The predicted octanol–water partition coefficient (Wildman–Crippen LogP) is 16.0. The molecule has 0 radical (unpaired) electrons. The van der Waals surface area contributed by atoms with E-state index in [1.807, 2.05) is 0 Å². The Labute approximate surface area is 537 Å². The topological polar surface area (TPSA) is 257 Å². The summed E-state index contributed by atoms with van der Waals surface area (Å²) < 4.78 is 5.13. The first-order chi connectivity index (χ1) is 44.7. The Hall–Kier alpha value is -11.3. The number of aliphatic imine (C=N–C) groups is 1. The van der Waals surface area contributed by atoms with Crippen LogP contribution in [-0.4, -0.2) is 73.8 Å². The summed E-state index contributed by atoms with van der Waals surface area (Å²) in [4.78, 5) is 5.91. The molecule has 0 saturated heterocycles. The van der Waals surface area contributed by atoms with E-state index in [1.165, 1.54) is 113 Å². The lowest BCUT2D eigenvalue weighted by atomic mass is 9.76. The largest absolute Gasteiger partial charge is 0.507 e. The molecule has 5 aliphatic carbocycles. The number of allylic oxidation sites excluding steroid dienone is 17. The fourth-order valence-electron chi connectivity index (χ4n) is 14.4. The Balaban J connectivity index is 0.000000234. The van der Waals surface area contributed by atoms with Gasteiger partial charge in [0.2, 0.25) is 23.0 Å². The first-order valence-electron chi connectivity index (χ1n) is 31.2. The fourth-order valence-corrected chi connectivity index (χ4v) is 14.4. The van der Waals surface area contributed by atoms with E-state index in [2.05, 4.69) is 228 Å². The van der Waals surface area contributed by atoms with Crippen LogP contribution in [0.4, 0.5) is 5.69 Å². The molecule has 3 atom stereocenters. The summed E-state index contributed by atoms with van der Waals surface area (Å²) in [6, 6.07) is 39.7. The molecule has 6 aliphatic rings. The minimum absolute atomic E-state index is 0.0351. The minimum Gasteiger partial charge on any atom is -0.507 e. The summed E-state index contributed by atoms with van der Waals surface area (Å²) in [7, 11) is 2.29. The highest BCUT2D eigenvalue weighted by atomic mass is 16.4. The van der Waals surface area contributed by atoms with Crippen molar-refractivity contribution >= 4 is 61.8 Å². The Morgan fingerprint density at radius 3 is 1.81 bits per heavy atom. The average molecular weight is 1240 g/mol. The zero-order valence-electron chi connectivity index (χ0n) is 51.8. The van der Waals surface area contributed by atoms with Gasteiger partial charge >= 0.3 is 0 Å². The second kappa shape index (κ2) is 22.6. The number of rotatable bonds is 8. The van der Waals surface area contributed by atoms with E-state index in [4.69, 9.17) is 11.1 Å². The number of benzene rings is 7. The Kier molecular flexibility index (Phi) is 14.4. The van der Waals surface area contributed by atoms with E-state index < -0.39 is 74.5 Å². The number of anilines is 1. The molecule has 12 N–H and O–H groups in total. The van der Waals surface area contributed by atoms with Gasteiger partial charge in [0.25, 0.3) is 0 Å². The first kappa shape index (κ1) is 59.3. The van der Waals surface area contributed by atoms with Crippen molar-refractivity contribution in [2.24, 2.45) is 10.7 Å². The van der Waals surface area contributed by atoms with Crippen molar-refractivity contribution in [3.63, 3.8) is 0 Å². The van der Waals surface area contributed by atoms with Gasteiger partial charge in [-0.1, -0.05) is 141 Å². The zero-order chi connectivity index (χ0) is 64.9. The summed E-state index contributed by atoms with van der Waals surface area (Å²) in [6.07, 6.45) is 39.9. The SMILES string of the molecule is CN1C2=CC(n3c4c(c5cc(-c6ccccc6)ccc53)C=C(C3=CC=CCC3)CC4)=CCC2c2ccc(-n3c4ccc(C5(C)C=CC=CC5)cc4c4cc(C5(C)C=CC=CC5)ccc43)cc21.Cc1c(O)c(O)c(O)c(C(=N)N=C(N)c2c(O)c(O)c(O)c(O)c2O)c1O. The molecule has 93 heavy (non-hydrogen) atoms. The van der Waals surface area contributed by atoms with Crippen LogP contribution in [0.5, 0.6) is 51.7 Å². The highest BCUT2D eigenvalue weighted by Gasteiger charge is 2.36. The van der Waals surface area contributed by atoms with Crippen molar-refractivity contribution in [2.75, 3.05) is 11.9 Å². The van der Waals surface area contributed by atoms with Crippen LogP contribution in [0.25, 0.3) is 61.3 Å². The van der Waals surface area contributed by atoms with Crippen LogP contribution in [0, 0.1) is 12.3 Å². The molecule has 3 heterocycles. The number of likely N-dealkylation sites (N-methyl/N-ethyl adjacent to an activating group) is 1. The molecule has 9 aromatic rings. The van der Waals surface area contributed by atoms with Crippen molar-refractivity contribution in [2.45, 2.75) is 82.5 Å². The van der Waals surface area contributed by atoms with Gasteiger partial charge in [0.1, 0.15) is 22.7 Å². The molecule has 0 saturated carbocycles. The third-order valence-corrected chi connectivity index (χ3v) is 19.8. The third-order valence-electron chi connectivity index (χ3n) is 19.8. The van der Waals surface area contributed by atoms with E-state index in [9.17, 15) is 46.0 Å². The van der Waals surface area contributed by atoms with Crippen molar-refractivity contribution in [1.29, 1.82) is 5.41 Å². The predicted molar refractivity (Wildman–Crippen MR) is 370 cm³/mol. The maximum absolute atomic E-state index is 9.98. The summed E-state index contributed by atoms with van der Waals surface area (Å²) >= 11 is 0. The Morgan fingerprint density at radius 1 is 0.570 bits per heavy atom. The lowest BCUT2D eigenvalue weighted by molar-refractivity contribution is 0.327. The number of aromatic nitrogens is 2. The number of nitrogens with one attached hydrogen (secondary N) is 1. The summed E-state index contributed by atoms with van der Waals surface area (Å²) in [5.74, 6) is -11.3. The maximum atomic E-state index is 9.98. The number of nitrogens with two attached hydrogens (primary N) is 1. The van der Waals surface area contributed by atoms with Crippen LogP contribution in [-0.2, 0) is 17.3 Å². The Morgan fingerprint density at radius 2 is 1.18 bits per heavy atom. The molecule has 0 amide bonds. The number of nitrogens with zero attached hydrogens (tertiary/aromatic N) is 4. The molecular weight excluding hydrogens is 1160 g/mol. The van der Waals surface area contributed by atoms with Gasteiger partial charge in [-0.3, -0.25) is 5.41 Å². The van der Waals surface area contributed by atoms with Crippen molar-refractivity contribution in [3.8, 4) is 68.6 Å². The Bertz CT molecular complexity index is 4890. The van der Waals surface area contributed by atoms with E-state index in [-0.39, 0.29) is 16.4 Å². The van der Waals surface area contributed by atoms with E-state index in [0.717, 1.165) is 44.9 Å². The second-order valence-corrected chi connectivity index (χ2v) is 25.4. The smallest absolute Gasteiger partial charge is 0.208 e. The van der Waals surface area contributed by atoms with Gasteiger partial charge in [-0.15, -0.1) is 0 Å². The summed E-state index contributed by atoms with van der Waals surface area (Å²) in [6.45, 7) is 5.92. The van der Waals surface area contributed by atoms with Crippen LogP contribution in [0.15, 0.2) is 204 Å². The van der Waals surface area contributed by atoms with Gasteiger partial charge in [-0.05, 0) is 152 Å². The van der Waals surface area contributed by atoms with Crippen LogP contribution < -0.4 is 10.6 Å². The second-order valence-electron chi connectivity index (χ2n) is 25.4. The molecule has 15 rings (SSSR count). The number of aromatic hydroxyl groups is 9. The number of phenolic OH excluding ortho intramolecular Hbond substituents is 9. The highest BCUT2D eigenvalue weighted by molar-refractivity contribution is 6.15. The molecule has 0 spiro atoms. The number of hydrogen-bond donors (Lipinski definition) is 11. The standard InChI is InChI=1S/C63H55N3.C15H15N3O9/c1-62(32-12-6-13-33-62)46-22-30-58-54(38-46)55-39-47(63(2)34-14-7-15-35-63)23-31-59(55)66(58)49-25-27-51-50-26-24-48(40-60(50)64(3)61(51)41-49)65-56-28-20-44(42-16-8-4-9-17-42)36-52(56)53-37-45(21-29-57(53)65)43-18-10-5-11-19-43;1-2-5(19)3(7(21)10(24)6(2)20)14(16)18-15(17)4-8(22)11(25)13(27)12(26)9(4)23/h4-10,12-18,20,22-25,27-28,30-32,34,36-41,50H,11,19,21,26,29,33,35H2,1-3H3;19-27H,1H3,(H3,16,17,18). The molecular formula is C78H70N6O9. The number of phenols is 9. The fraction of sp³-hybridized carbons (Fsp3) is 0.179. The van der Waals surface area contributed by atoms with Gasteiger partial charge < -0.3 is 65.7 Å². The first-order valence-corrected chi connectivity index (χ1v) is 31.2. The van der Waals surface area contributed by atoms with Crippen molar-refractivity contribution in [3.05, 3.63) is 244 Å². The highest BCUT2D eigenvalue weighted by Crippen LogP contribution is 2.53. The molecule has 15 nitrogen and oxygen atoms in total. The molecule has 466 valence electrons. The van der Waals surface area contributed by atoms with Crippen molar-refractivity contribution in [1.82, 2.24) is 9.13 Å². The lowest BCUT2D eigenvalue weighted by Crippen LogP contribution is -2.19. The van der Waals surface area contributed by atoms with Gasteiger partial charge in [-0.25, -0.2) is 4.99 Å². The minimum atomic E-state index is -1.23. The number of fused-ring (bicyclic) bond motifs is 9. The van der Waals surface area contributed by atoms with Gasteiger partial charge in [-0.2, -0.15) is 0 Å². The third kappa shape index (κ3) is 9.72. The van der Waals surface area contributed by atoms with Crippen LogP contribution >= 0.6 is 0 Å². The zero-order valence-corrected chi connectivity index (χ0v) is 51.8. The van der Waals surface area contributed by atoms with Gasteiger partial charge in [0.15, 0.2) is 28.8 Å². The normalized spacial score (nSPS) is 19.6. The molecule has 7 aromatic carbocycles. The van der Waals surface area contributed by atoms with Gasteiger partial charge in [0, 0.05) is 79.5 Å². The quantitative estimate of drug-likeness (QED) is 0.0295. The monoisotopic (exact) mass is 1230 g/mol. The summed E-state index contributed by atoms with van der Waals surface area (Å²) in [5, 5.41) is 98.7. The van der Waals surface area contributed by atoms with Crippen LogP contribution in [0.3, 0.4) is 0 Å². The summed E-state index contributed by atoms with van der Waals surface area (Å²) in [5.41, 5.74) is 25.1. The molecule has 0 bridgehead atoms. The van der Waals surface area contributed by atoms with E-state index in [0.29, 0.717) is 5.92 Å². The van der Waals surface area contributed by atoms with Crippen molar-refractivity contribution < 1.29 is 46.0 Å². The van der Waals surface area contributed by atoms with E-state index in [1.54, 1.807) is 0 Å². The number of amidine groups is 2. The van der Waals surface area contributed by atoms with Crippen LogP contribution in [0.1, 0.15) is 103 Å². The van der Waals surface area contributed by atoms with E-state index >= 15 is 0 Å². The molecule has 2 aromatic heterocycles. The van der Waals surface area contributed by atoms with Crippen LogP contribution in [0.2, 0.25) is 0 Å². The molecule has 15 heteroatoms. The molecule has 0 fully saturated rings. The maximum Gasteiger partial charge on any atom is 0.208 e.